The molecule has 2 aromatic carbocycles. The number of carbonyl (C=O) groups is 2. The van der Waals surface area contributed by atoms with Crippen molar-refractivity contribution in [3.8, 4) is 0 Å². The molecule has 5 heteroatoms. The van der Waals surface area contributed by atoms with Crippen molar-refractivity contribution >= 4 is 11.9 Å². The third-order valence-corrected chi connectivity index (χ3v) is 4.73. The van der Waals surface area contributed by atoms with E-state index in [0.29, 0.717) is 32.7 Å². The number of hydrogen-bond acceptors (Lipinski definition) is 2. The second kappa shape index (κ2) is 8.52. The van der Waals surface area contributed by atoms with Crippen LogP contribution in [0.25, 0.3) is 0 Å². The van der Waals surface area contributed by atoms with Gasteiger partial charge in [0, 0.05) is 38.3 Å². The Labute approximate surface area is 154 Å². The zero-order valence-electron chi connectivity index (χ0n) is 15.1. The van der Waals surface area contributed by atoms with Gasteiger partial charge in [-0.1, -0.05) is 48.5 Å². The molecule has 0 bridgehead atoms. The molecule has 3 rings (SSSR count). The van der Waals surface area contributed by atoms with Crippen LogP contribution in [0, 0.1) is 6.92 Å². The molecular weight excluding hydrogens is 326 g/mol. The van der Waals surface area contributed by atoms with E-state index in [1.165, 1.54) is 0 Å². The van der Waals surface area contributed by atoms with Crippen LogP contribution in [-0.2, 0) is 6.54 Å². The summed E-state index contributed by atoms with van der Waals surface area (Å²) < 4.78 is 0. The van der Waals surface area contributed by atoms with Gasteiger partial charge in [0.15, 0.2) is 0 Å². The minimum Gasteiger partial charge on any atom is -0.337 e. The maximum absolute atomic E-state index is 12.8. The van der Waals surface area contributed by atoms with Crippen molar-refractivity contribution in [3.05, 3.63) is 71.3 Å². The first kappa shape index (κ1) is 18.0. The lowest BCUT2D eigenvalue weighted by Crippen LogP contribution is -2.42. The average Bonchev–Trinajstić information content (AvgIpc) is 2.93. The zero-order chi connectivity index (χ0) is 18.4. The fourth-order valence-corrected chi connectivity index (χ4v) is 3.19. The fraction of sp³-hybridized carbons (Fsp3) is 0.333. The molecule has 1 heterocycles. The van der Waals surface area contributed by atoms with E-state index in [0.717, 1.165) is 23.1 Å². The first-order chi connectivity index (χ1) is 12.6. The van der Waals surface area contributed by atoms with E-state index in [4.69, 9.17) is 0 Å². The lowest BCUT2D eigenvalue weighted by Gasteiger charge is -2.23. The Bertz CT molecular complexity index is 761. The SMILES string of the molecule is Cc1ccccc1C(=O)N1CCCN(C(=O)NCc2ccccc2)CC1. The number of urea groups is 1. The highest BCUT2D eigenvalue weighted by Gasteiger charge is 2.23. The maximum Gasteiger partial charge on any atom is 0.317 e. The van der Waals surface area contributed by atoms with Crippen LogP contribution in [0.15, 0.2) is 54.6 Å². The summed E-state index contributed by atoms with van der Waals surface area (Å²) in [6.07, 6.45) is 0.788. The fourth-order valence-electron chi connectivity index (χ4n) is 3.19. The van der Waals surface area contributed by atoms with E-state index in [1.54, 1.807) is 4.90 Å². The van der Waals surface area contributed by atoms with E-state index in [9.17, 15) is 9.59 Å². The summed E-state index contributed by atoms with van der Waals surface area (Å²) >= 11 is 0. The van der Waals surface area contributed by atoms with Gasteiger partial charge in [-0.2, -0.15) is 0 Å². The molecule has 0 atom stereocenters. The van der Waals surface area contributed by atoms with Crippen molar-refractivity contribution < 1.29 is 9.59 Å². The molecule has 1 saturated heterocycles. The third kappa shape index (κ3) is 4.42. The predicted molar refractivity (Wildman–Crippen MR) is 102 cm³/mol. The van der Waals surface area contributed by atoms with Gasteiger partial charge in [-0.25, -0.2) is 4.79 Å². The quantitative estimate of drug-likeness (QED) is 0.924. The van der Waals surface area contributed by atoms with Gasteiger partial charge in [-0.3, -0.25) is 4.79 Å². The Morgan fingerprint density at radius 1 is 0.885 bits per heavy atom. The summed E-state index contributed by atoms with van der Waals surface area (Å²) in [4.78, 5) is 28.9. The van der Waals surface area contributed by atoms with Gasteiger partial charge in [0.2, 0.25) is 0 Å². The first-order valence-corrected chi connectivity index (χ1v) is 9.07. The van der Waals surface area contributed by atoms with Crippen molar-refractivity contribution in [2.24, 2.45) is 0 Å². The van der Waals surface area contributed by atoms with Crippen molar-refractivity contribution in [3.63, 3.8) is 0 Å². The Kier molecular flexibility index (Phi) is 5.89. The van der Waals surface area contributed by atoms with Crippen LogP contribution in [-0.4, -0.2) is 47.9 Å². The Morgan fingerprint density at radius 2 is 1.54 bits per heavy atom. The van der Waals surface area contributed by atoms with Crippen LogP contribution in [0.2, 0.25) is 0 Å². The van der Waals surface area contributed by atoms with Crippen molar-refractivity contribution in [2.45, 2.75) is 19.9 Å². The van der Waals surface area contributed by atoms with Gasteiger partial charge < -0.3 is 15.1 Å². The van der Waals surface area contributed by atoms with Gasteiger partial charge >= 0.3 is 6.03 Å². The predicted octanol–water partition coefficient (Wildman–Crippen LogP) is 3.05. The molecule has 0 spiro atoms. The maximum atomic E-state index is 12.8. The average molecular weight is 351 g/mol. The van der Waals surface area contributed by atoms with Crippen molar-refractivity contribution in [1.29, 1.82) is 0 Å². The zero-order valence-corrected chi connectivity index (χ0v) is 15.1. The second-order valence-corrected chi connectivity index (χ2v) is 6.59. The van der Waals surface area contributed by atoms with Crippen molar-refractivity contribution in [2.75, 3.05) is 26.2 Å². The molecule has 0 aliphatic carbocycles. The number of rotatable bonds is 3. The molecule has 1 aliphatic rings. The minimum absolute atomic E-state index is 0.0506. The van der Waals surface area contributed by atoms with Crippen LogP contribution in [0.3, 0.4) is 0 Å². The van der Waals surface area contributed by atoms with E-state index >= 15 is 0 Å². The summed E-state index contributed by atoms with van der Waals surface area (Å²) in [5.41, 5.74) is 2.81. The molecule has 0 aromatic heterocycles. The normalized spacial score (nSPS) is 14.7. The molecule has 1 N–H and O–H groups in total. The highest BCUT2D eigenvalue weighted by atomic mass is 16.2. The number of benzene rings is 2. The van der Waals surface area contributed by atoms with Crippen LogP contribution >= 0.6 is 0 Å². The third-order valence-electron chi connectivity index (χ3n) is 4.73. The minimum atomic E-state index is -0.0703. The summed E-state index contributed by atoms with van der Waals surface area (Å²) in [5.74, 6) is 0.0506. The van der Waals surface area contributed by atoms with E-state index < -0.39 is 0 Å². The van der Waals surface area contributed by atoms with Gasteiger partial charge in [-0.05, 0) is 30.5 Å². The molecule has 26 heavy (non-hydrogen) atoms. The van der Waals surface area contributed by atoms with Gasteiger partial charge in [-0.15, -0.1) is 0 Å². The largest absolute Gasteiger partial charge is 0.337 e. The second-order valence-electron chi connectivity index (χ2n) is 6.59. The Balaban J connectivity index is 1.55. The van der Waals surface area contributed by atoms with Gasteiger partial charge in [0.1, 0.15) is 0 Å². The van der Waals surface area contributed by atoms with Crippen LogP contribution in [0.1, 0.15) is 27.9 Å². The molecule has 1 aliphatic heterocycles. The Morgan fingerprint density at radius 3 is 2.31 bits per heavy atom. The number of nitrogens with one attached hydrogen (secondary N) is 1. The summed E-state index contributed by atoms with van der Waals surface area (Å²) in [7, 11) is 0. The number of nitrogens with zero attached hydrogens (tertiary/aromatic N) is 2. The smallest absolute Gasteiger partial charge is 0.317 e. The van der Waals surface area contributed by atoms with E-state index in [1.807, 2.05) is 66.4 Å². The van der Waals surface area contributed by atoms with E-state index in [2.05, 4.69) is 5.32 Å². The molecule has 0 radical (unpaired) electrons. The Hall–Kier alpha value is -2.82. The number of carbonyl (C=O) groups excluding carboxylic acids is 2. The number of hydrogen-bond donors (Lipinski definition) is 1. The molecule has 0 saturated carbocycles. The van der Waals surface area contributed by atoms with Crippen LogP contribution in [0.5, 0.6) is 0 Å². The summed E-state index contributed by atoms with van der Waals surface area (Å²) in [5, 5.41) is 2.96. The van der Waals surface area contributed by atoms with Crippen LogP contribution < -0.4 is 5.32 Å². The number of aryl methyl sites for hydroxylation is 1. The molecule has 136 valence electrons. The van der Waals surface area contributed by atoms with Gasteiger partial charge in [0.25, 0.3) is 5.91 Å². The van der Waals surface area contributed by atoms with Crippen LogP contribution in [0.4, 0.5) is 4.79 Å². The highest BCUT2D eigenvalue weighted by molar-refractivity contribution is 5.95. The standard InChI is InChI=1S/C21H25N3O2/c1-17-8-5-6-11-19(17)20(25)23-12-7-13-24(15-14-23)21(26)22-16-18-9-3-2-4-10-18/h2-6,8-11H,7,12-16H2,1H3,(H,22,26). The molecular formula is C21H25N3O2. The molecule has 1 fully saturated rings. The lowest BCUT2D eigenvalue weighted by molar-refractivity contribution is 0.0761. The summed E-state index contributed by atoms with van der Waals surface area (Å²) in [6, 6.07) is 17.4. The van der Waals surface area contributed by atoms with Gasteiger partial charge in [0.05, 0.1) is 0 Å². The molecule has 5 nitrogen and oxygen atoms in total. The molecule has 0 unspecified atom stereocenters. The molecule has 3 amide bonds. The van der Waals surface area contributed by atoms with E-state index in [-0.39, 0.29) is 11.9 Å². The topological polar surface area (TPSA) is 52.7 Å². The molecule has 2 aromatic rings. The van der Waals surface area contributed by atoms with Crippen molar-refractivity contribution in [1.82, 2.24) is 15.1 Å². The first-order valence-electron chi connectivity index (χ1n) is 9.07. The monoisotopic (exact) mass is 351 g/mol. The summed E-state index contributed by atoms with van der Waals surface area (Å²) in [6.45, 7) is 4.92. The lowest BCUT2D eigenvalue weighted by atomic mass is 10.1. The number of amides is 3. The highest BCUT2D eigenvalue weighted by Crippen LogP contribution is 2.13.